The summed E-state index contributed by atoms with van der Waals surface area (Å²) in [5.74, 6) is 0.945. The number of benzene rings is 1. The normalized spacial score (nSPS) is 19.7. The van der Waals surface area contributed by atoms with Crippen LogP contribution >= 0.6 is 11.6 Å². The molecule has 1 aromatic heterocycles. The first kappa shape index (κ1) is 22.2. The summed E-state index contributed by atoms with van der Waals surface area (Å²) in [7, 11) is -3.90. The minimum absolute atomic E-state index is 0.0151. The van der Waals surface area contributed by atoms with Crippen LogP contribution in [0.15, 0.2) is 39.8 Å². The number of anilines is 3. The first-order valence-electron chi connectivity index (χ1n) is 11.4. The lowest BCUT2D eigenvalue weighted by atomic mass is 10.1. The first-order chi connectivity index (χ1) is 15.9. The molecular formula is C23H26ClN5O3S. The highest BCUT2D eigenvalue weighted by molar-refractivity contribution is 7.90. The number of carbonyl (C=O) groups excluding carboxylic acids is 1. The maximum absolute atomic E-state index is 13.0. The number of amides is 1. The molecule has 1 amide bonds. The van der Waals surface area contributed by atoms with E-state index < -0.39 is 15.9 Å². The molecule has 0 bridgehead atoms. The maximum Gasteiger partial charge on any atom is 0.286 e. The summed E-state index contributed by atoms with van der Waals surface area (Å²) in [6.45, 7) is 2.65. The second-order valence-electron chi connectivity index (χ2n) is 8.65. The van der Waals surface area contributed by atoms with Crippen LogP contribution in [-0.4, -0.2) is 44.8 Å². The van der Waals surface area contributed by atoms with Crippen LogP contribution in [0.5, 0.6) is 0 Å². The quantitative estimate of drug-likeness (QED) is 0.686. The number of rotatable bonds is 3. The predicted molar refractivity (Wildman–Crippen MR) is 130 cm³/mol. The molecule has 1 aromatic carbocycles. The summed E-state index contributed by atoms with van der Waals surface area (Å²) in [6.07, 6.45) is 8.64. The Labute approximate surface area is 198 Å². The lowest BCUT2D eigenvalue weighted by Crippen LogP contribution is -2.35. The van der Waals surface area contributed by atoms with Gasteiger partial charge in [-0.15, -0.1) is 4.40 Å². The van der Waals surface area contributed by atoms with Gasteiger partial charge in [-0.3, -0.25) is 4.79 Å². The zero-order valence-corrected chi connectivity index (χ0v) is 19.8. The van der Waals surface area contributed by atoms with Crippen LogP contribution in [-0.2, 0) is 10.0 Å². The number of carbonyl (C=O) groups is 1. The third-order valence-electron chi connectivity index (χ3n) is 6.37. The van der Waals surface area contributed by atoms with E-state index in [-0.39, 0.29) is 15.5 Å². The van der Waals surface area contributed by atoms with E-state index in [1.54, 1.807) is 18.3 Å². The van der Waals surface area contributed by atoms with Gasteiger partial charge in [0.25, 0.3) is 15.9 Å². The number of nitrogens with zero attached hydrogens (tertiary/aromatic N) is 4. The smallest absolute Gasteiger partial charge is 0.286 e. The molecule has 8 nitrogen and oxygen atoms in total. The van der Waals surface area contributed by atoms with Gasteiger partial charge in [0.2, 0.25) is 0 Å². The average Bonchev–Trinajstić information content (AvgIpc) is 3.04. The molecule has 0 spiro atoms. The van der Waals surface area contributed by atoms with Gasteiger partial charge in [0, 0.05) is 26.1 Å². The van der Waals surface area contributed by atoms with E-state index in [9.17, 15) is 13.2 Å². The number of hydrogen-bond donors (Lipinski definition) is 1. The highest BCUT2D eigenvalue weighted by Gasteiger charge is 2.33. The van der Waals surface area contributed by atoms with Crippen molar-refractivity contribution in [2.75, 3.05) is 34.8 Å². The van der Waals surface area contributed by atoms with E-state index in [4.69, 9.17) is 11.6 Å². The standard InChI is InChI=1S/C23H26ClN5O3S/c24-18-14-19-20(33(31,32)27-22-7-3-1-6-12-29(19)22)13-17(18)23(30)26-16-8-9-21(25-15-16)28-10-4-2-5-11-28/h8-9,13-15H,1-7,10-12H2,(H,26,30). The monoisotopic (exact) mass is 487 g/mol. The van der Waals surface area contributed by atoms with Gasteiger partial charge in [-0.25, -0.2) is 4.98 Å². The topological polar surface area (TPSA) is 95.0 Å². The van der Waals surface area contributed by atoms with Gasteiger partial charge in [-0.05, 0) is 56.4 Å². The van der Waals surface area contributed by atoms with E-state index in [0.29, 0.717) is 30.2 Å². The summed E-state index contributed by atoms with van der Waals surface area (Å²) in [5.41, 5.74) is 1.11. The maximum atomic E-state index is 13.0. The van der Waals surface area contributed by atoms with E-state index in [1.807, 2.05) is 11.0 Å². The summed E-state index contributed by atoms with van der Waals surface area (Å²) >= 11 is 6.47. The molecule has 2 fully saturated rings. The van der Waals surface area contributed by atoms with Crippen LogP contribution in [0.3, 0.4) is 0 Å². The Kier molecular flexibility index (Phi) is 6.01. The molecule has 0 radical (unpaired) electrons. The van der Waals surface area contributed by atoms with Crippen molar-refractivity contribution in [3.05, 3.63) is 41.0 Å². The number of pyridine rings is 1. The molecule has 4 heterocycles. The highest BCUT2D eigenvalue weighted by Crippen LogP contribution is 2.38. The molecule has 0 atom stereocenters. The number of hydrogen-bond acceptors (Lipinski definition) is 6. The lowest BCUT2D eigenvalue weighted by Gasteiger charge is -2.30. The third kappa shape index (κ3) is 4.44. The number of fused-ring (bicyclic) bond motifs is 3. The number of aromatic nitrogens is 1. The minimum Gasteiger partial charge on any atom is -0.357 e. The molecule has 1 N–H and O–H groups in total. The van der Waals surface area contributed by atoms with Crippen molar-refractivity contribution >= 4 is 50.6 Å². The van der Waals surface area contributed by atoms with E-state index >= 15 is 0 Å². The lowest BCUT2D eigenvalue weighted by molar-refractivity contribution is 0.102. The Hall–Kier alpha value is -2.65. The van der Waals surface area contributed by atoms with Crippen molar-refractivity contribution in [2.24, 2.45) is 4.40 Å². The van der Waals surface area contributed by atoms with Crippen LogP contribution in [0.4, 0.5) is 17.2 Å². The third-order valence-corrected chi connectivity index (χ3v) is 8.01. The summed E-state index contributed by atoms with van der Waals surface area (Å²) in [5, 5.41) is 2.98. The number of sulfonamides is 1. The fraction of sp³-hybridized carbons (Fsp3) is 0.435. The molecule has 174 valence electrons. The zero-order chi connectivity index (χ0) is 23.0. The van der Waals surface area contributed by atoms with E-state index in [2.05, 4.69) is 19.6 Å². The SMILES string of the molecule is O=C(Nc1ccc(N2CCCCC2)nc1)c1cc2c(cc1Cl)N1CCCCCC1=NS2(=O)=O. The fourth-order valence-corrected chi connectivity index (χ4v) is 6.15. The molecule has 5 rings (SSSR count). The molecule has 2 aromatic rings. The van der Waals surface area contributed by atoms with Crippen LogP contribution in [0.2, 0.25) is 5.02 Å². The Bertz CT molecular complexity index is 1210. The Morgan fingerprint density at radius 3 is 2.52 bits per heavy atom. The van der Waals surface area contributed by atoms with Crippen molar-refractivity contribution in [1.82, 2.24) is 4.98 Å². The number of amidine groups is 1. The van der Waals surface area contributed by atoms with Crippen LogP contribution in [0.1, 0.15) is 55.3 Å². The molecule has 3 aliphatic heterocycles. The van der Waals surface area contributed by atoms with Crippen molar-refractivity contribution in [1.29, 1.82) is 0 Å². The molecule has 33 heavy (non-hydrogen) atoms. The van der Waals surface area contributed by atoms with E-state index in [1.165, 1.54) is 12.5 Å². The van der Waals surface area contributed by atoms with Gasteiger partial charge in [0.1, 0.15) is 16.5 Å². The second-order valence-corrected chi connectivity index (χ2v) is 10.6. The molecule has 3 aliphatic rings. The molecule has 2 saturated heterocycles. The van der Waals surface area contributed by atoms with Crippen molar-refractivity contribution in [3.8, 4) is 0 Å². The van der Waals surface area contributed by atoms with E-state index in [0.717, 1.165) is 51.0 Å². The zero-order valence-electron chi connectivity index (χ0n) is 18.3. The minimum atomic E-state index is -3.90. The van der Waals surface area contributed by atoms with Crippen molar-refractivity contribution < 1.29 is 13.2 Å². The van der Waals surface area contributed by atoms with Gasteiger partial charge in [0.15, 0.2) is 0 Å². The number of nitrogens with one attached hydrogen (secondary N) is 1. The first-order valence-corrected chi connectivity index (χ1v) is 13.2. The largest absolute Gasteiger partial charge is 0.357 e. The van der Waals surface area contributed by atoms with Gasteiger partial charge in [0.05, 0.1) is 28.2 Å². The van der Waals surface area contributed by atoms with Gasteiger partial charge in [-0.1, -0.05) is 18.0 Å². The molecule has 10 heteroatoms. The van der Waals surface area contributed by atoms with Gasteiger partial charge < -0.3 is 15.1 Å². The molecule has 0 aliphatic carbocycles. The van der Waals surface area contributed by atoms with Crippen LogP contribution < -0.4 is 15.1 Å². The van der Waals surface area contributed by atoms with Crippen LogP contribution in [0.25, 0.3) is 0 Å². The predicted octanol–water partition coefficient (Wildman–Crippen LogP) is 4.46. The van der Waals surface area contributed by atoms with Gasteiger partial charge in [-0.2, -0.15) is 8.42 Å². The molecule has 0 saturated carbocycles. The number of halogens is 1. The van der Waals surface area contributed by atoms with Gasteiger partial charge >= 0.3 is 0 Å². The summed E-state index contributed by atoms with van der Waals surface area (Å²) in [4.78, 5) is 21.6. The summed E-state index contributed by atoms with van der Waals surface area (Å²) < 4.78 is 29.8. The summed E-state index contributed by atoms with van der Waals surface area (Å²) in [6, 6.07) is 6.59. The molecule has 0 unspecified atom stereocenters. The van der Waals surface area contributed by atoms with Crippen molar-refractivity contribution in [3.63, 3.8) is 0 Å². The highest BCUT2D eigenvalue weighted by atomic mass is 35.5. The Morgan fingerprint density at radius 2 is 1.76 bits per heavy atom. The Morgan fingerprint density at radius 1 is 1.00 bits per heavy atom. The number of piperidine rings is 1. The second kappa shape index (κ2) is 8.95. The molecular weight excluding hydrogens is 462 g/mol. The average molecular weight is 488 g/mol. The van der Waals surface area contributed by atoms with Crippen LogP contribution in [0, 0.1) is 0 Å². The Balaban J connectivity index is 1.40. The van der Waals surface area contributed by atoms with Crippen molar-refractivity contribution in [2.45, 2.75) is 49.8 Å². The fourth-order valence-electron chi connectivity index (χ4n) is 4.64.